The fraction of sp³-hybridized carbons (Fsp3) is 0. The first-order valence-electron chi connectivity index (χ1n) is 19.2. The van der Waals surface area contributed by atoms with Gasteiger partial charge in [0.05, 0.1) is 22.7 Å². The van der Waals surface area contributed by atoms with E-state index >= 15 is 0 Å². The average Bonchev–Trinajstić information content (AvgIpc) is 3.97. The standard InChI is InChI=1S/C52H32N2O3/c1-3-15-33(16-4-1)53(43-25-13-23-40-37-20-9-11-27-46(37)56-51(40)43)35-29-30-42-48(31-35)55-49-32-45(36-19-7-8-22-39(36)50(42)49)54(34-17-5-2-6-18-34)44-26-14-24-41-38-21-10-12-28-47(38)57-52(41)44/h1-32H. The van der Waals surface area contributed by atoms with Crippen molar-refractivity contribution >= 4 is 111 Å². The summed E-state index contributed by atoms with van der Waals surface area (Å²) in [5.74, 6) is 0. The van der Waals surface area contributed by atoms with Gasteiger partial charge < -0.3 is 23.1 Å². The summed E-state index contributed by atoms with van der Waals surface area (Å²) < 4.78 is 20.2. The van der Waals surface area contributed by atoms with E-state index in [4.69, 9.17) is 13.3 Å². The summed E-state index contributed by atoms with van der Waals surface area (Å²) in [4.78, 5) is 4.56. The third-order valence-corrected chi connectivity index (χ3v) is 11.2. The Morgan fingerprint density at radius 3 is 1.40 bits per heavy atom. The predicted octanol–water partition coefficient (Wildman–Crippen LogP) is 15.5. The molecule has 0 N–H and O–H groups in total. The second kappa shape index (κ2) is 12.4. The van der Waals surface area contributed by atoms with Crippen LogP contribution in [0.5, 0.6) is 0 Å². The lowest BCUT2D eigenvalue weighted by molar-refractivity contribution is 0.667. The van der Waals surface area contributed by atoms with E-state index < -0.39 is 0 Å². The largest absolute Gasteiger partial charge is 0.456 e. The summed E-state index contributed by atoms with van der Waals surface area (Å²) >= 11 is 0. The van der Waals surface area contributed by atoms with Crippen LogP contribution < -0.4 is 9.80 Å². The van der Waals surface area contributed by atoms with E-state index in [1.165, 1.54) is 0 Å². The molecule has 0 spiro atoms. The van der Waals surface area contributed by atoms with E-state index in [2.05, 4.69) is 174 Å². The topological polar surface area (TPSA) is 45.9 Å². The van der Waals surface area contributed by atoms with Gasteiger partial charge in [-0.2, -0.15) is 0 Å². The maximum Gasteiger partial charge on any atom is 0.159 e. The van der Waals surface area contributed by atoms with Crippen molar-refractivity contribution in [3.05, 3.63) is 194 Å². The van der Waals surface area contributed by atoms with Crippen LogP contribution in [0.3, 0.4) is 0 Å². The van der Waals surface area contributed by atoms with Gasteiger partial charge in [0.15, 0.2) is 11.2 Å². The van der Waals surface area contributed by atoms with Gasteiger partial charge in [-0.15, -0.1) is 0 Å². The molecule has 0 amide bonds. The normalized spacial score (nSPS) is 11.9. The number of para-hydroxylation sites is 6. The van der Waals surface area contributed by atoms with Crippen LogP contribution in [0, 0.1) is 0 Å². The number of nitrogens with zero attached hydrogens (tertiary/aromatic N) is 2. The van der Waals surface area contributed by atoms with Gasteiger partial charge in [0, 0.05) is 61.2 Å². The maximum absolute atomic E-state index is 6.96. The third-order valence-electron chi connectivity index (χ3n) is 11.2. The van der Waals surface area contributed by atoms with E-state index in [1.54, 1.807) is 0 Å². The van der Waals surface area contributed by atoms with Gasteiger partial charge in [-0.3, -0.25) is 0 Å². The van der Waals surface area contributed by atoms with E-state index in [1.807, 2.05) is 30.3 Å². The van der Waals surface area contributed by atoms with Crippen molar-refractivity contribution in [3.63, 3.8) is 0 Å². The molecule has 0 unspecified atom stereocenters. The quantitative estimate of drug-likeness (QED) is 0.170. The van der Waals surface area contributed by atoms with E-state index in [-0.39, 0.29) is 0 Å². The Kier molecular flexibility index (Phi) is 6.86. The number of rotatable bonds is 6. The Morgan fingerprint density at radius 1 is 0.263 bits per heavy atom. The van der Waals surface area contributed by atoms with E-state index in [9.17, 15) is 0 Å². The summed E-state index contributed by atoms with van der Waals surface area (Å²) in [6.07, 6.45) is 0. The number of furan rings is 3. The fourth-order valence-corrected chi connectivity index (χ4v) is 8.74. The van der Waals surface area contributed by atoms with Gasteiger partial charge in [-0.25, -0.2) is 0 Å². The summed E-state index contributed by atoms with van der Waals surface area (Å²) in [7, 11) is 0. The highest BCUT2D eigenvalue weighted by Crippen LogP contribution is 2.49. The van der Waals surface area contributed by atoms with Crippen LogP contribution in [0.2, 0.25) is 0 Å². The molecule has 3 aromatic heterocycles. The number of hydrogen-bond acceptors (Lipinski definition) is 5. The molecule has 0 atom stereocenters. The first-order valence-corrected chi connectivity index (χ1v) is 19.2. The highest BCUT2D eigenvalue weighted by atomic mass is 16.3. The van der Waals surface area contributed by atoms with Crippen molar-refractivity contribution in [2.45, 2.75) is 0 Å². The smallest absolute Gasteiger partial charge is 0.159 e. The lowest BCUT2D eigenvalue weighted by Gasteiger charge is -2.27. The first kappa shape index (κ1) is 31.6. The monoisotopic (exact) mass is 732 g/mol. The molecule has 5 heteroatoms. The van der Waals surface area contributed by atoms with Gasteiger partial charge in [0.2, 0.25) is 0 Å². The van der Waals surface area contributed by atoms with Crippen molar-refractivity contribution in [1.29, 1.82) is 0 Å². The number of benzene rings is 9. The lowest BCUT2D eigenvalue weighted by Crippen LogP contribution is -2.10. The summed E-state index contributed by atoms with van der Waals surface area (Å²) in [5, 5.41) is 8.70. The molecule has 0 aliphatic carbocycles. The van der Waals surface area contributed by atoms with Crippen LogP contribution in [-0.2, 0) is 0 Å². The molecule has 3 heterocycles. The Hall–Kier alpha value is -7.76. The van der Waals surface area contributed by atoms with Crippen molar-refractivity contribution in [2.75, 3.05) is 9.80 Å². The second-order valence-electron chi connectivity index (χ2n) is 14.4. The van der Waals surface area contributed by atoms with Gasteiger partial charge in [0.1, 0.15) is 22.3 Å². The predicted molar refractivity (Wildman–Crippen MR) is 235 cm³/mol. The molecule has 12 aromatic rings. The fourth-order valence-electron chi connectivity index (χ4n) is 8.74. The van der Waals surface area contributed by atoms with Crippen LogP contribution in [0.1, 0.15) is 0 Å². The SMILES string of the molecule is c1ccc(N(c2ccc3c(c2)oc2cc(N(c4ccccc4)c4cccc5c4oc4ccccc45)c4ccccc4c23)c2cccc3c2oc2ccccc23)cc1. The second-order valence-corrected chi connectivity index (χ2v) is 14.4. The van der Waals surface area contributed by atoms with Crippen molar-refractivity contribution in [2.24, 2.45) is 0 Å². The van der Waals surface area contributed by atoms with Crippen LogP contribution in [-0.4, -0.2) is 0 Å². The minimum atomic E-state index is 0.799. The van der Waals surface area contributed by atoms with Crippen molar-refractivity contribution in [3.8, 4) is 0 Å². The number of hydrogen-bond donors (Lipinski definition) is 0. The number of fused-ring (bicyclic) bond motifs is 11. The van der Waals surface area contributed by atoms with Gasteiger partial charge in [-0.1, -0.05) is 121 Å². The molecule has 0 aliphatic rings. The Morgan fingerprint density at radius 2 is 0.772 bits per heavy atom. The minimum Gasteiger partial charge on any atom is -0.456 e. The van der Waals surface area contributed by atoms with Gasteiger partial charge in [0.25, 0.3) is 0 Å². The molecule has 0 aliphatic heterocycles. The van der Waals surface area contributed by atoms with Crippen molar-refractivity contribution in [1.82, 2.24) is 0 Å². The third kappa shape index (κ3) is 4.82. The Bertz CT molecular complexity index is 3490. The zero-order valence-electron chi connectivity index (χ0n) is 30.6. The Labute approximate surface area is 326 Å². The van der Waals surface area contributed by atoms with E-state index in [0.717, 1.165) is 111 Å². The summed E-state index contributed by atoms with van der Waals surface area (Å²) in [6.45, 7) is 0. The van der Waals surface area contributed by atoms with Crippen LogP contribution in [0.4, 0.5) is 34.1 Å². The van der Waals surface area contributed by atoms with Crippen LogP contribution >= 0.6 is 0 Å². The molecule has 0 radical (unpaired) electrons. The number of anilines is 6. The molecule has 9 aromatic carbocycles. The molecule has 0 bridgehead atoms. The van der Waals surface area contributed by atoms with Crippen LogP contribution in [0.25, 0.3) is 76.6 Å². The molecular formula is C52H32N2O3. The first-order chi connectivity index (χ1) is 28.3. The highest BCUT2D eigenvalue weighted by Gasteiger charge is 2.25. The Balaban J connectivity index is 1.09. The van der Waals surface area contributed by atoms with Gasteiger partial charge >= 0.3 is 0 Å². The zero-order valence-corrected chi connectivity index (χ0v) is 30.6. The van der Waals surface area contributed by atoms with Gasteiger partial charge in [-0.05, 0) is 66.0 Å². The molecule has 0 saturated carbocycles. The summed E-state index contributed by atoms with van der Waals surface area (Å²) in [5.41, 5.74) is 10.9. The summed E-state index contributed by atoms with van der Waals surface area (Å²) in [6, 6.07) is 67.5. The molecule has 0 saturated heterocycles. The molecule has 57 heavy (non-hydrogen) atoms. The van der Waals surface area contributed by atoms with Crippen LogP contribution in [0.15, 0.2) is 207 Å². The molecular weight excluding hydrogens is 701 g/mol. The highest BCUT2D eigenvalue weighted by molar-refractivity contribution is 6.23. The maximum atomic E-state index is 6.96. The molecule has 12 rings (SSSR count). The van der Waals surface area contributed by atoms with Crippen molar-refractivity contribution < 1.29 is 13.3 Å². The minimum absolute atomic E-state index is 0.799. The van der Waals surface area contributed by atoms with E-state index in [0.29, 0.717) is 0 Å². The molecule has 5 nitrogen and oxygen atoms in total. The zero-order chi connectivity index (χ0) is 37.5. The average molecular weight is 733 g/mol. The lowest BCUT2D eigenvalue weighted by atomic mass is 10.00. The molecule has 268 valence electrons. The molecule has 0 fully saturated rings.